The van der Waals surface area contributed by atoms with Gasteiger partial charge in [-0.2, -0.15) is 0 Å². The van der Waals surface area contributed by atoms with Crippen LogP contribution in [0.2, 0.25) is 0 Å². The van der Waals surface area contributed by atoms with E-state index in [9.17, 15) is 9.59 Å². The predicted octanol–water partition coefficient (Wildman–Crippen LogP) is 2.92. The van der Waals surface area contributed by atoms with E-state index in [-0.39, 0.29) is 29.7 Å². The fourth-order valence-corrected chi connectivity index (χ4v) is 4.96. The Morgan fingerprint density at radius 3 is 2.40 bits per heavy atom. The van der Waals surface area contributed by atoms with Crippen LogP contribution in [-0.2, 0) is 11.2 Å². The van der Waals surface area contributed by atoms with Crippen molar-refractivity contribution in [3.63, 3.8) is 0 Å². The minimum Gasteiger partial charge on any atom is -0.341 e. The first kappa shape index (κ1) is 18.6. The zero-order chi connectivity index (χ0) is 20.5. The van der Waals surface area contributed by atoms with Gasteiger partial charge < -0.3 is 14.8 Å². The Morgan fingerprint density at radius 2 is 1.70 bits per heavy atom. The molecular formula is C24H24N4O2. The zero-order valence-electron chi connectivity index (χ0n) is 16.6. The van der Waals surface area contributed by atoms with Crippen LogP contribution < -0.4 is 0 Å². The molecule has 3 atom stereocenters. The Hall–Kier alpha value is -3.41. The van der Waals surface area contributed by atoms with Gasteiger partial charge in [-0.1, -0.05) is 60.7 Å². The molecule has 3 aromatic rings. The number of aromatic amines is 1. The van der Waals surface area contributed by atoms with Crippen molar-refractivity contribution >= 4 is 11.8 Å². The van der Waals surface area contributed by atoms with E-state index >= 15 is 0 Å². The highest BCUT2D eigenvalue weighted by atomic mass is 16.2. The lowest BCUT2D eigenvalue weighted by Crippen LogP contribution is -2.38. The quantitative estimate of drug-likeness (QED) is 0.732. The smallest absolute Gasteiger partial charge is 0.271 e. The molecule has 5 rings (SSSR count). The van der Waals surface area contributed by atoms with Crippen LogP contribution in [-0.4, -0.2) is 51.2 Å². The number of H-pyrrole nitrogens is 1. The van der Waals surface area contributed by atoms with E-state index in [1.54, 1.807) is 6.20 Å². The minimum absolute atomic E-state index is 0.00743. The van der Waals surface area contributed by atoms with Gasteiger partial charge in [-0.05, 0) is 11.1 Å². The summed E-state index contributed by atoms with van der Waals surface area (Å²) in [4.78, 5) is 36.9. The lowest BCUT2D eigenvalue weighted by molar-refractivity contribution is -0.132. The number of carbonyl (C=O) groups is 2. The van der Waals surface area contributed by atoms with Crippen molar-refractivity contribution in [2.45, 2.75) is 12.5 Å². The van der Waals surface area contributed by atoms with Gasteiger partial charge >= 0.3 is 0 Å². The molecule has 30 heavy (non-hydrogen) atoms. The average Bonchev–Trinajstić information content (AvgIpc) is 3.50. The highest BCUT2D eigenvalue weighted by molar-refractivity contribution is 5.92. The summed E-state index contributed by atoms with van der Waals surface area (Å²) in [5.41, 5.74) is 2.69. The summed E-state index contributed by atoms with van der Waals surface area (Å²) in [6.45, 7) is 2.00. The second-order valence-corrected chi connectivity index (χ2v) is 8.16. The summed E-state index contributed by atoms with van der Waals surface area (Å²) in [5.74, 6) is 0.646. The van der Waals surface area contributed by atoms with Crippen LogP contribution in [0, 0.1) is 11.8 Å². The van der Waals surface area contributed by atoms with E-state index in [1.807, 2.05) is 58.3 Å². The number of rotatable bonds is 4. The number of hydrogen-bond donors (Lipinski definition) is 1. The van der Waals surface area contributed by atoms with Crippen LogP contribution in [0.25, 0.3) is 0 Å². The number of aromatic nitrogens is 2. The fourth-order valence-electron chi connectivity index (χ4n) is 4.96. The number of imidazole rings is 1. The third-order valence-corrected chi connectivity index (χ3v) is 6.34. The van der Waals surface area contributed by atoms with Crippen LogP contribution >= 0.6 is 0 Å². The molecule has 6 nitrogen and oxygen atoms in total. The van der Waals surface area contributed by atoms with Gasteiger partial charge in [0.2, 0.25) is 5.91 Å². The van der Waals surface area contributed by atoms with Gasteiger partial charge in [0.15, 0.2) is 0 Å². The van der Waals surface area contributed by atoms with E-state index in [0.29, 0.717) is 31.7 Å². The number of fused-ring (bicyclic) bond motifs is 1. The van der Waals surface area contributed by atoms with Crippen molar-refractivity contribution in [1.82, 2.24) is 19.8 Å². The maximum Gasteiger partial charge on any atom is 0.271 e. The van der Waals surface area contributed by atoms with Crippen molar-refractivity contribution in [2.75, 3.05) is 19.6 Å². The SMILES string of the molecule is O=C(c1cnc[nH]1)N1C[C@H]2CN(C(=O)Cc3ccccc3)[C@@H](c3ccccc3)[C@H]2C1. The normalized spacial score (nSPS) is 22.9. The summed E-state index contributed by atoms with van der Waals surface area (Å²) in [6.07, 6.45) is 3.50. The van der Waals surface area contributed by atoms with Gasteiger partial charge in [-0.15, -0.1) is 0 Å². The molecule has 3 heterocycles. The summed E-state index contributed by atoms with van der Waals surface area (Å²) in [7, 11) is 0. The first-order valence-corrected chi connectivity index (χ1v) is 10.4. The molecule has 2 saturated heterocycles. The minimum atomic E-state index is -0.0177. The maximum atomic E-state index is 13.3. The van der Waals surface area contributed by atoms with Gasteiger partial charge in [-0.3, -0.25) is 9.59 Å². The van der Waals surface area contributed by atoms with Crippen LogP contribution in [0.15, 0.2) is 73.2 Å². The third-order valence-electron chi connectivity index (χ3n) is 6.34. The van der Waals surface area contributed by atoms with E-state index in [4.69, 9.17) is 0 Å². The molecule has 152 valence electrons. The Kier molecular flexibility index (Phi) is 4.83. The molecule has 2 aliphatic heterocycles. The molecule has 0 bridgehead atoms. The lowest BCUT2D eigenvalue weighted by atomic mass is 9.89. The first-order valence-electron chi connectivity index (χ1n) is 10.4. The van der Waals surface area contributed by atoms with E-state index in [1.165, 1.54) is 6.33 Å². The Balaban J connectivity index is 1.39. The standard InChI is InChI=1S/C24H24N4O2/c29-22(11-17-7-3-1-4-8-17)28-14-19-13-27(24(30)21-12-25-16-26-21)15-20(19)23(28)18-9-5-2-6-10-18/h1-10,12,16,19-20,23H,11,13-15H2,(H,25,26)/t19-,20-,23-/m0/s1. The van der Waals surface area contributed by atoms with Crippen LogP contribution in [0.3, 0.4) is 0 Å². The number of benzene rings is 2. The molecule has 2 amide bonds. The number of nitrogens with zero attached hydrogens (tertiary/aromatic N) is 3. The second-order valence-electron chi connectivity index (χ2n) is 8.16. The number of amides is 2. The van der Waals surface area contributed by atoms with Gasteiger partial charge in [-0.25, -0.2) is 4.98 Å². The van der Waals surface area contributed by atoms with Gasteiger partial charge in [0.05, 0.1) is 25.0 Å². The van der Waals surface area contributed by atoms with Gasteiger partial charge in [0.1, 0.15) is 5.69 Å². The zero-order valence-corrected chi connectivity index (χ0v) is 16.6. The molecule has 0 radical (unpaired) electrons. The molecule has 2 aliphatic rings. The number of likely N-dealkylation sites (tertiary alicyclic amines) is 2. The third kappa shape index (κ3) is 3.38. The maximum absolute atomic E-state index is 13.3. The van der Waals surface area contributed by atoms with E-state index in [0.717, 1.165) is 11.1 Å². The number of nitrogens with one attached hydrogen (secondary N) is 1. The van der Waals surface area contributed by atoms with Crippen molar-refractivity contribution in [3.8, 4) is 0 Å². The summed E-state index contributed by atoms with van der Waals surface area (Å²) in [6, 6.07) is 20.1. The van der Waals surface area contributed by atoms with Crippen LogP contribution in [0.1, 0.15) is 27.7 Å². The van der Waals surface area contributed by atoms with Crippen molar-refractivity contribution in [2.24, 2.45) is 11.8 Å². The van der Waals surface area contributed by atoms with Crippen molar-refractivity contribution < 1.29 is 9.59 Å². The molecule has 2 aromatic carbocycles. The molecule has 0 saturated carbocycles. The monoisotopic (exact) mass is 400 g/mol. The molecule has 1 aromatic heterocycles. The highest BCUT2D eigenvalue weighted by Gasteiger charge is 2.50. The summed E-state index contributed by atoms with van der Waals surface area (Å²) < 4.78 is 0. The topological polar surface area (TPSA) is 69.3 Å². The molecule has 0 aliphatic carbocycles. The van der Waals surface area contributed by atoms with Crippen molar-refractivity contribution in [1.29, 1.82) is 0 Å². The molecule has 0 spiro atoms. The molecule has 0 unspecified atom stereocenters. The lowest BCUT2D eigenvalue weighted by Gasteiger charge is -2.30. The highest BCUT2D eigenvalue weighted by Crippen LogP contribution is 2.45. The summed E-state index contributed by atoms with van der Waals surface area (Å²) >= 11 is 0. The second kappa shape index (κ2) is 7.78. The molecule has 6 heteroatoms. The Morgan fingerprint density at radius 1 is 0.967 bits per heavy atom. The Labute approximate surface area is 175 Å². The molecule has 1 N–H and O–H groups in total. The van der Waals surface area contributed by atoms with Gasteiger partial charge in [0.25, 0.3) is 5.91 Å². The number of carbonyl (C=O) groups excluding carboxylic acids is 2. The Bertz CT molecular complexity index is 1020. The molecule has 2 fully saturated rings. The van der Waals surface area contributed by atoms with E-state index in [2.05, 4.69) is 22.1 Å². The fraction of sp³-hybridized carbons (Fsp3) is 0.292. The van der Waals surface area contributed by atoms with Crippen LogP contribution in [0.5, 0.6) is 0 Å². The van der Waals surface area contributed by atoms with Gasteiger partial charge in [0, 0.05) is 31.5 Å². The number of hydrogen-bond acceptors (Lipinski definition) is 3. The first-order chi connectivity index (χ1) is 14.7. The predicted molar refractivity (Wildman–Crippen MR) is 113 cm³/mol. The van der Waals surface area contributed by atoms with Crippen LogP contribution in [0.4, 0.5) is 0 Å². The summed E-state index contributed by atoms with van der Waals surface area (Å²) in [5, 5.41) is 0. The van der Waals surface area contributed by atoms with Crippen molar-refractivity contribution in [3.05, 3.63) is 90.0 Å². The molecular weight excluding hydrogens is 376 g/mol. The average molecular weight is 400 g/mol. The van der Waals surface area contributed by atoms with E-state index < -0.39 is 0 Å². The largest absolute Gasteiger partial charge is 0.341 e.